The van der Waals surface area contributed by atoms with Crippen molar-refractivity contribution < 1.29 is 23.5 Å². The largest absolute Gasteiger partial charge is 0.454 e. The van der Waals surface area contributed by atoms with E-state index in [2.05, 4.69) is 4.98 Å². The molecule has 0 spiro atoms. The van der Waals surface area contributed by atoms with Gasteiger partial charge < -0.3 is 14.6 Å². The van der Waals surface area contributed by atoms with Crippen LogP contribution in [-0.4, -0.2) is 35.3 Å². The van der Waals surface area contributed by atoms with Crippen LogP contribution in [0.1, 0.15) is 29.4 Å². The second kappa shape index (κ2) is 7.74. The lowest BCUT2D eigenvalue weighted by molar-refractivity contribution is -0.151. The minimum atomic E-state index is -1.01. The zero-order valence-corrected chi connectivity index (χ0v) is 16.6. The minimum absolute atomic E-state index is 0.0195. The quantitative estimate of drug-likeness (QED) is 0.515. The maximum Gasteiger partial charge on any atom is 0.312 e. The van der Waals surface area contributed by atoms with Crippen LogP contribution in [-0.2, 0) is 14.3 Å². The summed E-state index contributed by atoms with van der Waals surface area (Å²) in [5.41, 5.74) is 2.15. The molecular formula is C23H21FN2O4. The Kier molecular flexibility index (Phi) is 5.11. The molecule has 0 bridgehead atoms. The van der Waals surface area contributed by atoms with Crippen molar-refractivity contribution in [2.24, 2.45) is 5.92 Å². The molecule has 7 heteroatoms. The van der Waals surface area contributed by atoms with E-state index in [-0.39, 0.29) is 30.3 Å². The van der Waals surface area contributed by atoms with E-state index in [9.17, 15) is 18.8 Å². The Morgan fingerprint density at radius 3 is 2.63 bits per heavy atom. The van der Waals surface area contributed by atoms with Gasteiger partial charge in [0.25, 0.3) is 0 Å². The summed E-state index contributed by atoms with van der Waals surface area (Å²) in [5.74, 6) is -2.59. The molecule has 2 atom stereocenters. The third-order valence-electron chi connectivity index (χ3n) is 5.40. The lowest BCUT2D eigenvalue weighted by Gasteiger charge is -2.18. The molecule has 1 amide bonds. The fourth-order valence-electron chi connectivity index (χ4n) is 3.89. The number of hydrogen-bond acceptors (Lipinski definition) is 4. The summed E-state index contributed by atoms with van der Waals surface area (Å²) in [6.45, 7) is 3.34. The lowest BCUT2D eigenvalue weighted by Crippen LogP contribution is -2.30. The first-order valence-corrected chi connectivity index (χ1v) is 9.73. The first-order valence-electron chi connectivity index (χ1n) is 9.73. The number of para-hydroxylation sites is 2. The van der Waals surface area contributed by atoms with Gasteiger partial charge in [-0.05, 0) is 32.0 Å². The molecule has 0 radical (unpaired) electrons. The van der Waals surface area contributed by atoms with E-state index in [4.69, 9.17) is 4.74 Å². The number of anilines is 1. The van der Waals surface area contributed by atoms with Crippen molar-refractivity contribution >= 4 is 34.3 Å². The Bertz CT molecular complexity index is 1150. The Morgan fingerprint density at radius 1 is 1.17 bits per heavy atom. The Labute approximate surface area is 172 Å². The Morgan fingerprint density at radius 2 is 1.87 bits per heavy atom. The molecule has 1 N–H and O–H groups in total. The average molecular weight is 408 g/mol. The zero-order valence-electron chi connectivity index (χ0n) is 16.6. The van der Waals surface area contributed by atoms with Crippen molar-refractivity contribution in [3.8, 4) is 0 Å². The lowest BCUT2D eigenvalue weighted by atomic mass is 10.0. The number of carbonyl (C=O) groups excluding carboxylic acids is 3. The van der Waals surface area contributed by atoms with Crippen molar-refractivity contribution in [3.63, 3.8) is 0 Å². The zero-order chi connectivity index (χ0) is 21.4. The minimum Gasteiger partial charge on any atom is -0.454 e. The summed E-state index contributed by atoms with van der Waals surface area (Å²) in [5, 5.41) is 0.768. The Hall–Kier alpha value is -3.48. The summed E-state index contributed by atoms with van der Waals surface area (Å²) in [7, 11) is 0. The van der Waals surface area contributed by atoms with Crippen LogP contribution in [0.4, 0.5) is 10.1 Å². The molecule has 3 aromatic rings. The summed E-state index contributed by atoms with van der Waals surface area (Å²) < 4.78 is 19.4. The number of hydrogen-bond donors (Lipinski definition) is 1. The molecule has 2 heterocycles. The molecule has 1 aliphatic heterocycles. The van der Waals surface area contributed by atoms with Gasteiger partial charge >= 0.3 is 5.97 Å². The molecule has 1 aliphatic rings. The number of esters is 1. The first kappa shape index (κ1) is 19.8. The van der Waals surface area contributed by atoms with E-state index in [1.807, 2.05) is 24.3 Å². The average Bonchev–Trinajstić information content (AvgIpc) is 3.27. The maximum absolute atomic E-state index is 14.0. The van der Waals surface area contributed by atoms with E-state index in [0.717, 1.165) is 10.9 Å². The molecule has 0 saturated carbocycles. The molecule has 1 aromatic heterocycles. The first-order chi connectivity index (χ1) is 14.4. The highest BCUT2D eigenvalue weighted by Crippen LogP contribution is 2.29. The molecule has 4 rings (SSSR count). The number of halogens is 1. The van der Waals surface area contributed by atoms with Crippen molar-refractivity contribution in [2.75, 3.05) is 11.4 Å². The predicted molar refractivity (Wildman–Crippen MR) is 110 cm³/mol. The molecule has 0 aliphatic carbocycles. The van der Waals surface area contributed by atoms with Gasteiger partial charge in [-0.2, -0.15) is 0 Å². The number of H-pyrrole nitrogens is 1. The van der Waals surface area contributed by atoms with Crippen LogP contribution in [0, 0.1) is 18.7 Å². The monoisotopic (exact) mass is 408 g/mol. The fraction of sp³-hybridized carbons (Fsp3) is 0.261. The van der Waals surface area contributed by atoms with Crippen molar-refractivity contribution in [1.29, 1.82) is 0 Å². The van der Waals surface area contributed by atoms with Crippen LogP contribution in [0.3, 0.4) is 0 Å². The van der Waals surface area contributed by atoms with Crippen LogP contribution >= 0.6 is 0 Å². The SMILES string of the molecule is Cc1[nH]c2ccccc2c1C(=O)[C@H](C)OC(=O)[C@H]1CC(=O)N(c2ccccc2F)C1. The summed E-state index contributed by atoms with van der Waals surface area (Å²) >= 11 is 0. The van der Waals surface area contributed by atoms with Crippen molar-refractivity contribution in [1.82, 2.24) is 4.98 Å². The van der Waals surface area contributed by atoms with Crippen LogP contribution < -0.4 is 4.90 Å². The van der Waals surface area contributed by atoms with E-state index in [0.29, 0.717) is 11.3 Å². The van der Waals surface area contributed by atoms with Gasteiger partial charge in [-0.15, -0.1) is 0 Å². The van der Waals surface area contributed by atoms with E-state index in [1.165, 1.54) is 30.0 Å². The summed E-state index contributed by atoms with van der Waals surface area (Å²) in [6, 6.07) is 13.3. The third-order valence-corrected chi connectivity index (χ3v) is 5.40. The summed E-state index contributed by atoms with van der Waals surface area (Å²) in [4.78, 5) is 42.3. The van der Waals surface area contributed by atoms with Crippen LogP contribution in [0.5, 0.6) is 0 Å². The van der Waals surface area contributed by atoms with Gasteiger partial charge in [0.2, 0.25) is 11.7 Å². The Balaban J connectivity index is 1.47. The number of ether oxygens (including phenoxy) is 1. The number of amides is 1. The molecule has 1 fully saturated rings. The number of aromatic amines is 1. The van der Waals surface area contributed by atoms with Gasteiger partial charge in [0.05, 0.1) is 11.6 Å². The smallest absolute Gasteiger partial charge is 0.312 e. The standard InChI is InChI=1S/C23H21FN2O4/c1-13-21(16-7-3-5-9-18(16)25-13)22(28)14(2)30-23(29)15-11-20(27)26(12-15)19-10-6-4-8-17(19)24/h3-10,14-15,25H,11-12H2,1-2H3/t14-,15-/m0/s1. The van der Waals surface area contributed by atoms with E-state index < -0.39 is 23.8 Å². The third kappa shape index (κ3) is 3.47. The van der Waals surface area contributed by atoms with Gasteiger partial charge in [0.15, 0.2) is 6.10 Å². The number of benzene rings is 2. The molecule has 30 heavy (non-hydrogen) atoms. The number of Topliss-reactive ketones (excluding diaryl/α,β-unsaturated/α-hetero) is 1. The highest BCUT2D eigenvalue weighted by atomic mass is 19.1. The maximum atomic E-state index is 14.0. The van der Waals surface area contributed by atoms with E-state index >= 15 is 0 Å². The fourth-order valence-corrected chi connectivity index (χ4v) is 3.89. The number of aromatic nitrogens is 1. The number of fused-ring (bicyclic) bond motifs is 1. The van der Waals surface area contributed by atoms with Crippen molar-refractivity contribution in [3.05, 3.63) is 65.6 Å². The number of nitrogens with one attached hydrogen (secondary N) is 1. The van der Waals surface area contributed by atoms with Gasteiger partial charge in [-0.25, -0.2) is 4.39 Å². The molecule has 6 nitrogen and oxygen atoms in total. The molecule has 1 saturated heterocycles. The van der Waals surface area contributed by atoms with Gasteiger partial charge in [0.1, 0.15) is 5.82 Å². The van der Waals surface area contributed by atoms with Crippen molar-refractivity contribution in [2.45, 2.75) is 26.4 Å². The topological polar surface area (TPSA) is 79.5 Å². The van der Waals surface area contributed by atoms with Gasteiger partial charge in [-0.1, -0.05) is 30.3 Å². The number of ketones is 1. The molecule has 0 unspecified atom stereocenters. The summed E-state index contributed by atoms with van der Waals surface area (Å²) in [6.07, 6.45) is -1.09. The molecular weight excluding hydrogens is 387 g/mol. The number of rotatable bonds is 5. The second-order valence-electron chi connectivity index (χ2n) is 7.47. The van der Waals surface area contributed by atoms with Gasteiger partial charge in [0, 0.05) is 35.1 Å². The van der Waals surface area contributed by atoms with Crippen LogP contribution in [0.25, 0.3) is 10.9 Å². The molecule has 2 aromatic carbocycles. The predicted octanol–water partition coefficient (Wildman–Crippen LogP) is 3.78. The van der Waals surface area contributed by atoms with E-state index in [1.54, 1.807) is 13.0 Å². The van der Waals surface area contributed by atoms with Crippen LogP contribution in [0.15, 0.2) is 48.5 Å². The number of aryl methyl sites for hydroxylation is 1. The van der Waals surface area contributed by atoms with Crippen LogP contribution in [0.2, 0.25) is 0 Å². The second-order valence-corrected chi connectivity index (χ2v) is 7.47. The highest BCUT2D eigenvalue weighted by Gasteiger charge is 2.38. The van der Waals surface area contributed by atoms with Gasteiger partial charge in [-0.3, -0.25) is 14.4 Å². The normalized spacial score (nSPS) is 17.4. The number of nitrogens with zero attached hydrogens (tertiary/aromatic N) is 1. The highest BCUT2D eigenvalue weighted by molar-refractivity contribution is 6.11. The number of carbonyl (C=O) groups is 3. The molecule has 154 valence electrons.